The third-order valence-corrected chi connectivity index (χ3v) is 6.17. The van der Waals surface area contributed by atoms with Crippen molar-refractivity contribution in [3.05, 3.63) is 24.2 Å². The maximum Gasteiger partial charge on any atom is 0.216 e. The van der Waals surface area contributed by atoms with Crippen LogP contribution < -0.4 is 10.6 Å². The van der Waals surface area contributed by atoms with Gasteiger partial charge in [0.25, 0.3) is 0 Å². The molecule has 0 atom stereocenters. The van der Waals surface area contributed by atoms with Crippen molar-refractivity contribution in [2.45, 2.75) is 64.5 Å². The van der Waals surface area contributed by atoms with Crippen LogP contribution in [-0.4, -0.2) is 58.3 Å². The van der Waals surface area contributed by atoms with Crippen LogP contribution in [0.2, 0.25) is 0 Å². The van der Waals surface area contributed by atoms with Gasteiger partial charge in [0.1, 0.15) is 12.4 Å². The highest BCUT2D eigenvalue weighted by Crippen LogP contribution is 2.25. The Morgan fingerprint density at radius 3 is 2.74 bits per heavy atom. The van der Waals surface area contributed by atoms with Crippen LogP contribution in [0.1, 0.15) is 57.7 Å². The maximum absolute atomic E-state index is 5.34. The van der Waals surface area contributed by atoms with Crippen molar-refractivity contribution < 1.29 is 4.42 Å². The van der Waals surface area contributed by atoms with E-state index in [1.54, 1.807) is 6.26 Å². The fourth-order valence-electron chi connectivity index (χ4n) is 4.54. The monoisotopic (exact) mass is 541 g/mol. The average molecular weight is 541 g/mol. The van der Waals surface area contributed by atoms with Gasteiger partial charge in [0.15, 0.2) is 11.7 Å². The Balaban J connectivity index is 0.00000272. The van der Waals surface area contributed by atoms with Crippen molar-refractivity contribution >= 4 is 29.9 Å². The average Bonchev–Trinajstić information content (AvgIpc) is 3.46. The van der Waals surface area contributed by atoms with Crippen LogP contribution in [0.4, 0.5) is 0 Å². The van der Waals surface area contributed by atoms with Crippen molar-refractivity contribution in [1.82, 2.24) is 30.7 Å². The van der Waals surface area contributed by atoms with E-state index in [1.165, 1.54) is 64.6 Å². The predicted octanol–water partition coefficient (Wildman–Crippen LogP) is 3.78. The molecule has 1 saturated heterocycles. The van der Waals surface area contributed by atoms with Gasteiger partial charge in [-0.15, -0.1) is 29.1 Å². The van der Waals surface area contributed by atoms with Crippen LogP contribution in [0, 0.1) is 5.92 Å². The predicted molar refractivity (Wildman–Crippen MR) is 133 cm³/mol. The summed E-state index contributed by atoms with van der Waals surface area (Å²) < 4.78 is 5.34. The largest absolute Gasteiger partial charge is 0.461 e. The van der Waals surface area contributed by atoms with Crippen LogP contribution in [0.25, 0.3) is 11.6 Å². The zero-order chi connectivity index (χ0) is 20.6. The molecule has 0 unspecified atom stereocenters. The highest BCUT2D eigenvalue weighted by Gasteiger charge is 2.23. The zero-order valence-corrected chi connectivity index (χ0v) is 20.8. The van der Waals surface area contributed by atoms with Crippen LogP contribution in [0.3, 0.4) is 0 Å². The summed E-state index contributed by atoms with van der Waals surface area (Å²) in [6.07, 6.45) is 11.1. The first-order chi connectivity index (χ1) is 14.8. The SMILES string of the molecule is CCNC(=NCc1nc(-c2ccco2)n[nH]1)NC1CCN(CC2CCCCC2)CC1.I. The van der Waals surface area contributed by atoms with Gasteiger partial charge in [-0.3, -0.25) is 5.10 Å². The van der Waals surface area contributed by atoms with Gasteiger partial charge in [0.2, 0.25) is 5.82 Å². The number of halogens is 1. The number of nitrogens with one attached hydrogen (secondary N) is 3. The van der Waals surface area contributed by atoms with Gasteiger partial charge in [0, 0.05) is 32.2 Å². The van der Waals surface area contributed by atoms with Gasteiger partial charge in [-0.1, -0.05) is 19.3 Å². The van der Waals surface area contributed by atoms with Gasteiger partial charge in [-0.05, 0) is 50.7 Å². The molecule has 1 aliphatic carbocycles. The molecular formula is C22H36IN7O. The Bertz CT molecular complexity index is 778. The first kappa shape index (κ1) is 24.0. The number of hydrogen-bond acceptors (Lipinski definition) is 5. The molecule has 0 radical (unpaired) electrons. The highest BCUT2D eigenvalue weighted by molar-refractivity contribution is 14.0. The topological polar surface area (TPSA) is 94.4 Å². The summed E-state index contributed by atoms with van der Waals surface area (Å²) in [7, 11) is 0. The lowest BCUT2D eigenvalue weighted by atomic mass is 9.88. The Morgan fingerprint density at radius 2 is 2.03 bits per heavy atom. The number of likely N-dealkylation sites (tertiary alicyclic amines) is 1. The lowest BCUT2D eigenvalue weighted by Crippen LogP contribution is -2.49. The van der Waals surface area contributed by atoms with E-state index in [2.05, 4.69) is 37.6 Å². The van der Waals surface area contributed by atoms with Crippen LogP contribution in [-0.2, 0) is 6.54 Å². The second-order valence-corrected chi connectivity index (χ2v) is 8.50. The molecule has 31 heavy (non-hydrogen) atoms. The molecular weight excluding hydrogens is 505 g/mol. The third-order valence-electron chi connectivity index (χ3n) is 6.17. The molecule has 1 saturated carbocycles. The molecule has 9 heteroatoms. The Hall–Kier alpha value is -1.62. The molecule has 0 aromatic carbocycles. The summed E-state index contributed by atoms with van der Waals surface area (Å²) in [5, 5.41) is 14.1. The van der Waals surface area contributed by atoms with Gasteiger partial charge in [-0.25, -0.2) is 9.98 Å². The summed E-state index contributed by atoms with van der Waals surface area (Å²) in [6, 6.07) is 4.15. The summed E-state index contributed by atoms with van der Waals surface area (Å²) in [4.78, 5) is 11.8. The van der Waals surface area contributed by atoms with Crippen molar-refractivity contribution in [1.29, 1.82) is 0 Å². The van der Waals surface area contributed by atoms with E-state index in [4.69, 9.17) is 9.41 Å². The standard InChI is InChI=1S/C22H35N7O.HI/c1-2-23-22(24-15-20-26-21(28-27-20)19-9-6-14-30-19)25-18-10-12-29(13-11-18)16-17-7-4-3-5-8-17;/h6,9,14,17-18H,2-5,7-8,10-13,15-16H2,1H3,(H2,23,24,25)(H,26,27,28);1H. The molecule has 3 heterocycles. The molecule has 8 nitrogen and oxygen atoms in total. The number of aliphatic imine (C=N–C) groups is 1. The van der Waals surface area contributed by atoms with Gasteiger partial charge in [0.05, 0.1) is 6.26 Å². The first-order valence-corrected chi connectivity index (χ1v) is 11.5. The number of guanidine groups is 1. The van der Waals surface area contributed by atoms with Crippen molar-refractivity contribution in [2.75, 3.05) is 26.2 Å². The van der Waals surface area contributed by atoms with E-state index in [9.17, 15) is 0 Å². The van der Waals surface area contributed by atoms with E-state index < -0.39 is 0 Å². The fourth-order valence-corrected chi connectivity index (χ4v) is 4.54. The molecule has 2 aliphatic rings. The first-order valence-electron chi connectivity index (χ1n) is 11.5. The van der Waals surface area contributed by atoms with E-state index in [0.717, 1.165) is 24.2 Å². The molecule has 0 amide bonds. The number of rotatable bonds is 7. The van der Waals surface area contributed by atoms with Gasteiger partial charge < -0.3 is 20.0 Å². The van der Waals surface area contributed by atoms with E-state index >= 15 is 0 Å². The van der Waals surface area contributed by atoms with Crippen LogP contribution in [0.15, 0.2) is 27.8 Å². The number of hydrogen-bond donors (Lipinski definition) is 3. The summed E-state index contributed by atoms with van der Waals surface area (Å²) in [6.45, 7) is 7.03. The highest BCUT2D eigenvalue weighted by atomic mass is 127. The molecule has 0 bridgehead atoms. The number of aromatic nitrogens is 3. The minimum Gasteiger partial charge on any atom is -0.461 e. The lowest BCUT2D eigenvalue weighted by Gasteiger charge is -2.36. The van der Waals surface area contributed by atoms with E-state index in [-0.39, 0.29) is 24.0 Å². The van der Waals surface area contributed by atoms with Crippen molar-refractivity contribution in [3.63, 3.8) is 0 Å². The molecule has 2 fully saturated rings. The minimum atomic E-state index is 0. The Labute approximate surface area is 202 Å². The second kappa shape index (κ2) is 12.4. The molecule has 2 aromatic rings. The summed E-state index contributed by atoms with van der Waals surface area (Å²) in [5.41, 5.74) is 0. The van der Waals surface area contributed by atoms with Gasteiger partial charge >= 0.3 is 0 Å². The molecule has 2 aromatic heterocycles. The van der Waals surface area contributed by atoms with Crippen molar-refractivity contribution in [3.8, 4) is 11.6 Å². The molecule has 0 spiro atoms. The number of furan rings is 1. The number of nitrogens with zero attached hydrogens (tertiary/aromatic N) is 4. The minimum absolute atomic E-state index is 0. The lowest BCUT2D eigenvalue weighted by molar-refractivity contribution is 0.160. The Morgan fingerprint density at radius 1 is 1.23 bits per heavy atom. The maximum atomic E-state index is 5.34. The molecule has 1 aliphatic heterocycles. The normalized spacial score (nSPS) is 19.2. The quantitative estimate of drug-likeness (QED) is 0.281. The molecule has 4 rings (SSSR count). The smallest absolute Gasteiger partial charge is 0.216 e. The van der Waals surface area contributed by atoms with Crippen LogP contribution in [0.5, 0.6) is 0 Å². The van der Waals surface area contributed by atoms with Gasteiger partial charge in [-0.2, -0.15) is 0 Å². The second-order valence-electron chi connectivity index (χ2n) is 8.50. The number of piperidine rings is 1. The van der Waals surface area contributed by atoms with Crippen LogP contribution >= 0.6 is 24.0 Å². The number of aromatic amines is 1. The van der Waals surface area contributed by atoms with Crippen molar-refractivity contribution in [2.24, 2.45) is 10.9 Å². The zero-order valence-electron chi connectivity index (χ0n) is 18.5. The summed E-state index contributed by atoms with van der Waals surface area (Å²) >= 11 is 0. The van der Waals surface area contributed by atoms with E-state index in [1.807, 2.05) is 12.1 Å². The van der Waals surface area contributed by atoms with E-state index in [0.29, 0.717) is 24.2 Å². The summed E-state index contributed by atoms with van der Waals surface area (Å²) in [5.74, 6) is 3.72. The number of H-pyrrole nitrogens is 1. The fraction of sp³-hybridized carbons (Fsp3) is 0.682. The Kier molecular flexibility index (Phi) is 9.63. The molecule has 172 valence electrons. The molecule has 3 N–H and O–H groups in total. The third kappa shape index (κ3) is 7.20.